The summed E-state index contributed by atoms with van der Waals surface area (Å²) in [7, 11) is 0. The molecule has 2 aromatic rings. The number of aromatic nitrogens is 3. The van der Waals surface area contributed by atoms with E-state index in [1.807, 2.05) is 24.4 Å². The Kier molecular flexibility index (Phi) is 4.70. The minimum atomic E-state index is -0.0274. The third kappa shape index (κ3) is 5.00. The number of nitrogens with zero attached hydrogens (tertiary/aromatic N) is 3. The van der Waals surface area contributed by atoms with Gasteiger partial charge >= 0.3 is 0 Å². The fourth-order valence-electron chi connectivity index (χ4n) is 1.77. The number of anilines is 1. The van der Waals surface area contributed by atoms with E-state index in [4.69, 9.17) is 0 Å². The highest BCUT2D eigenvalue weighted by molar-refractivity contribution is 5.90. The lowest BCUT2D eigenvalue weighted by molar-refractivity contribution is -0.116. The predicted molar refractivity (Wildman–Crippen MR) is 82.4 cm³/mol. The van der Waals surface area contributed by atoms with Gasteiger partial charge in [-0.25, -0.2) is 9.67 Å². The van der Waals surface area contributed by atoms with Gasteiger partial charge in [0.1, 0.15) is 0 Å². The molecule has 2 aromatic heterocycles. The minimum absolute atomic E-state index is 0.0211. The number of amides is 1. The van der Waals surface area contributed by atoms with Crippen LogP contribution in [0.1, 0.15) is 27.2 Å². The van der Waals surface area contributed by atoms with E-state index in [-0.39, 0.29) is 11.4 Å². The molecule has 0 bridgehead atoms. The number of nitrogens with one attached hydrogen (secondary N) is 2. The van der Waals surface area contributed by atoms with Crippen LogP contribution < -0.4 is 10.6 Å². The first kappa shape index (κ1) is 15.2. The highest BCUT2D eigenvalue weighted by Crippen LogP contribution is 2.09. The van der Waals surface area contributed by atoms with Gasteiger partial charge in [-0.1, -0.05) is 0 Å². The predicted octanol–water partition coefficient (Wildman–Crippen LogP) is 1.98. The van der Waals surface area contributed by atoms with Crippen molar-refractivity contribution in [3.63, 3.8) is 0 Å². The normalized spacial score (nSPS) is 11.4. The molecule has 0 atom stereocenters. The van der Waals surface area contributed by atoms with Crippen molar-refractivity contribution in [2.45, 2.75) is 32.7 Å². The van der Waals surface area contributed by atoms with E-state index in [2.05, 4.69) is 41.5 Å². The van der Waals surface area contributed by atoms with Gasteiger partial charge < -0.3 is 10.6 Å². The van der Waals surface area contributed by atoms with Crippen LogP contribution in [0.3, 0.4) is 0 Å². The van der Waals surface area contributed by atoms with Crippen LogP contribution in [0.15, 0.2) is 36.8 Å². The molecule has 21 heavy (non-hydrogen) atoms. The Morgan fingerprint density at radius 1 is 1.33 bits per heavy atom. The molecule has 0 aliphatic rings. The molecule has 0 spiro atoms. The molecule has 1 amide bonds. The number of hydrogen-bond acceptors (Lipinski definition) is 4. The van der Waals surface area contributed by atoms with Crippen molar-refractivity contribution in [2.24, 2.45) is 0 Å². The van der Waals surface area contributed by atoms with Crippen LogP contribution in [-0.4, -0.2) is 32.8 Å². The average Bonchev–Trinajstić information content (AvgIpc) is 2.92. The lowest BCUT2D eigenvalue weighted by Gasteiger charge is -2.20. The van der Waals surface area contributed by atoms with Crippen molar-refractivity contribution in [2.75, 3.05) is 11.9 Å². The van der Waals surface area contributed by atoms with E-state index in [9.17, 15) is 4.79 Å². The molecular weight excluding hydrogens is 266 g/mol. The van der Waals surface area contributed by atoms with E-state index in [0.29, 0.717) is 24.5 Å². The largest absolute Gasteiger partial charge is 0.325 e. The van der Waals surface area contributed by atoms with Gasteiger partial charge in [0.05, 0.1) is 11.9 Å². The number of hydrogen-bond donors (Lipinski definition) is 2. The molecule has 0 unspecified atom stereocenters. The smallest absolute Gasteiger partial charge is 0.225 e. The molecule has 2 rings (SSSR count). The topological polar surface area (TPSA) is 71.8 Å². The van der Waals surface area contributed by atoms with Crippen LogP contribution in [0, 0.1) is 0 Å². The van der Waals surface area contributed by atoms with E-state index < -0.39 is 0 Å². The molecule has 0 saturated heterocycles. The number of rotatable bonds is 5. The van der Waals surface area contributed by atoms with E-state index >= 15 is 0 Å². The molecule has 0 radical (unpaired) electrons. The number of pyridine rings is 1. The van der Waals surface area contributed by atoms with Gasteiger partial charge in [-0.2, -0.15) is 5.10 Å². The SMILES string of the molecule is CC(C)(C)NCCC(=O)Nc1ccc(-n2cccn2)nc1. The first-order valence-electron chi connectivity index (χ1n) is 6.95. The molecule has 2 heterocycles. The zero-order chi connectivity index (χ0) is 15.3. The molecule has 0 fully saturated rings. The fourth-order valence-corrected chi connectivity index (χ4v) is 1.77. The standard InChI is InChI=1S/C15H21N5O/c1-15(2,3)17-9-7-14(21)19-12-5-6-13(16-11-12)20-10-4-8-18-20/h4-6,8,10-11,17H,7,9H2,1-3H3,(H,19,21). The van der Waals surface area contributed by atoms with Crippen molar-refractivity contribution in [3.05, 3.63) is 36.8 Å². The summed E-state index contributed by atoms with van der Waals surface area (Å²) in [5.74, 6) is 0.688. The molecule has 0 saturated carbocycles. The summed E-state index contributed by atoms with van der Waals surface area (Å²) < 4.78 is 1.67. The first-order chi connectivity index (χ1) is 9.94. The van der Waals surface area contributed by atoms with Crippen molar-refractivity contribution in [1.29, 1.82) is 0 Å². The maximum absolute atomic E-state index is 11.8. The van der Waals surface area contributed by atoms with Gasteiger partial charge in [0, 0.05) is 30.9 Å². The fraction of sp³-hybridized carbons (Fsp3) is 0.400. The molecule has 6 heteroatoms. The van der Waals surface area contributed by atoms with Gasteiger partial charge in [0.15, 0.2) is 5.82 Å². The van der Waals surface area contributed by atoms with E-state index in [1.165, 1.54) is 0 Å². The third-order valence-corrected chi connectivity index (χ3v) is 2.78. The molecule has 0 aliphatic carbocycles. The lowest BCUT2D eigenvalue weighted by atomic mass is 10.1. The van der Waals surface area contributed by atoms with Crippen molar-refractivity contribution < 1.29 is 4.79 Å². The zero-order valence-electron chi connectivity index (χ0n) is 12.6. The average molecular weight is 287 g/mol. The quantitative estimate of drug-likeness (QED) is 0.882. The lowest BCUT2D eigenvalue weighted by Crippen LogP contribution is -2.37. The summed E-state index contributed by atoms with van der Waals surface area (Å²) >= 11 is 0. The summed E-state index contributed by atoms with van der Waals surface area (Å²) in [5, 5.41) is 10.2. The van der Waals surface area contributed by atoms with Crippen LogP contribution >= 0.6 is 0 Å². The van der Waals surface area contributed by atoms with E-state index in [0.717, 1.165) is 0 Å². The first-order valence-corrected chi connectivity index (χ1v) is 6.95. The second-order valence-electron chi connectivity index (χ2n) is 5.83. The second kappa shape index (κ2) is 6.49. The Morgan fingerprint density at radius 2 is 2.14 bits per heavy atom. The Labute approximate surface area is 124 Å². The Balaban J connectivity index is 1.84. The maximum atomic E-state index is 11.8. The van der Waals surface area contributed by atoms with Crippen molar-refractivity contribution in [1.82, 2.24) is 20.1 Å². The van der Waals surface area contributed by atoms with Crippen LogP contribution in [-0.2, 0) is 4.79 Å². The monoisotopic (exact) mass is 287 g/mol. The molecule has 2 N–H and O–H groups in total. The van der Waals surface area contributed by atoms with Gasteiger partial charge in [0.25, 0.3) is 0 Å². The highest BCUT2D eigenvalue weighted by Gasteiger charge is 2.09. The molecule has 0 aromatic carbocycles. The molecule has 0 aliphatic heterocycles. The van der Waals surface area contributed by atoms with Crippen LogP contribution in [0.25, 0.3) is 5.82 Å². The van der Waals surface area contributed by atoms with E-state index in [1.54, 1.807) is 17.1 Å². The maximum Gasteiger partial charge on any atom is 0.225 e. The summed E-state index contributed by atoms with van der Waals surface area (Å²) in [6.07, 6.45) is 5.57. The van der Waals surface area contributed by atoms with Crippen LogP contribution in [0.4, 0.5) is 5.69 Å². The Morgan fingerprint density at radius 3 is 2.71 bits per heavy atom. The molecule has 6 nitrogen and oxygen atoms in total. The summed E-state index contributed by atoms with van der Waals surface area (Å²) in [5.41, 5.74) is 0.708. The van der Waals surface area contributed by atoms with Crippen molar-refractivity contribution in [3.8, 4) is 5.82 Å². The van der Waals surface area contributed by atoms with Gasteiger partial charge in [-0.15, -0.1) is 0 Å². The number of carbonyl (C=O) groups excluding carboxylic acids is 1. The highest BCUT2D eigenvalue weighted by atomic mass is 16.1. The molecule has 112 valence electrons. The van der Waals surface area contributed by atoms with Crippen LogP contribution in [0.5, 0.6) is 0 Å². The summed E-state index contributed by atoms with van der Waals surface area (Å²) in [6, 6.07) is 5.47. The third-order valence-electron chi connectivity index (χ3n) is 2.78. The van der Waals surface area contributed by atoms with Gasteiger partial charge in [-0.05, 0) is 39.0 Å². The summed E-state index contributed by atoms with van der Waals surface area (Å²) in [4.78, 5) is 16.1. The van der Waals surface area contributed by atoms with Crippen LogP contribution in [0.2, 0.25) is 0 Å². The van der Waals surface area contributed by atoms with Crippen molar-refractivity contribution >= 4 is 11.6 Å². The second-order valence-corrected chi connectivity index (χ2v) is 5.83. The zero-order valence-corrected chi connectivity index (χ0v) is 12.6. The number of carbonyl (C=O) groups is 1. The Bertz CT molecular complexity index is 569. The minimum Gasteiger partial charge on any atom is -0.325 e. The van der Waals surface area contributed by atoms with Gasteiger partial charge in [0.2, 0.25) is 5.91 Å². The summed E-state index contributed by atoms with van der Waals surface area (Å²) in [6.45, 7) is 6.86. The Hall–Kier alpha value is -2.21. The van der Waals surface area contributed by atoms with Gasteiger partial charge in [-0.3, -0.25) is 4.79 Å². The molecular formula is C15H21N5O.